The van der Waals surface area contributed by atoms with Crippen molar-refractivity contribution in [2.75, 3.05) is 0 Å². The third-order valence-electron chi connectivity index (χ3n) is 3.57. The molecular formula is C17H12ClNOS. The van der Waals surface area contributed by atoms with Gasteiger partial charge in [-0.25, -0.2) is 0 Å². The van der Waals surface area contributed by atoms with Gasteiger partial charge in [0.25, 0.3) is 0 Å². The molecule has 0 bridgehead atoms. The number of halogens is 1. The predicted molar refractivity (Wildman–Crippen MR) is 89.1 cm³/mol. The highest BCUT2D eigenvalue weighted by molar-refractivity contribution is 7.19. The molecule has 1 atom stereocenters. The van der Waals surface area contributed by atoms with Crippen molar-refractivity contribution in [3.05, 3.63) is 70.3 Å². The topological polar surface area (TPSA) is 39.2 Å². The molecule has 2 N–H and O–H groups in total. The summed E-state index contributed by atoms with van der Waals surface area (Å²) in [6.45, 7) is 0. The van der Waals surface area contributed by atoms with Crippen molar-refractivity contribution in [3.8, 4) is 0 Å². The molecule has 21 heavy (non-hydrogen) atoms. The first-order valence-electron chi connectivity index (χ1n) is 6.64. The minimum Gasteiger partial charge on any atom is -0.457 e. The largest absolute Gasteiger partial charge is 0.457 e. The Labute approximate surface area is 130 Å². The average Bonchev–Trinajstić information content (AvgIpc) is 3.11. The van der Waals surface area contributed by atoms with Gasteiger partial charge in [0.15, 0.2) is 5.58 Å². The molecule has 0 spiro atoms. The van der Waals surface area contributed by atoms with E-state index in [-0.39, 0.29) is 6.04 Å². The molecule has 2 aromatic heterocycles. The molecule has 4 rings (SSSR count). The van der Waals surface area contributed by atoms with Crippen LogP contribution in [0, 0.1) is 0 Å². The van der Waals surface area contributed by atoms with Gasteiger partial charge in [-0.15, -0.1) is 11.3 Å². The van der Waals surface area contributed by atoms with Gasteiger partial charge in [0.1, 0.15) is 5.76 Å². The molecule has 104 valence electrons. The fourth-order valence-electron chi connectivity index (χ4n) is 2.50. The summed E-state index contributed by atoms with van der Waals surface area (Å²) in [5.41, 5.74) is 7.07. The van der Waals surface area contributed by atoms with E-state index in [0.29, 0.717) is 10.6 Å². The van der Waals surface area contributed by atoms with Crippen LogP contribution in [0.4, 0.5) is 0 Å². The average molecular weight is 314 g/mol. The van der Waals surface area contributed by atoms with Crippen LogP contribution in [-0.2, 0) is 0 Å². The summed E-state index contributed by atoms with van der Waals surface area (Å²) in [5, 5.41) is 2.80. The summed E-state index contributed by atoms with van der Waals surface area (Å²) in [7, 11) is 0. The van der Waals surface area contributed by atoms with E-state index in [1.54, 1.807) is 11.3 Å². The van der Waals surface area contributed by atoms with Crippen molar-refractivity contribution in [1.82, 2.24) is 0 Å². The standard InChI is InChI=1S/C17H12ClNOS/c18-12-6-3-5-11-8-13(20-17(11)12)16(19)15-9-10-4-1-2-7-14(10)21-15/h1-9,16H,19H2. The summed E-state index contributed by atoms with van der Waals surface area (Å²) in [6.07, 6.45) is 0. The number of fused-ring (bicyclic) bond motifs is 2. The number of hydrogen-bond donors (Lipinski definition) is 1. The van der Waals surface area contributed by atoms with E-state index in [1.807, 2.05) is 36.4 Å². The van der Waals surface area contributed by atoms with Gasteiger partial charge in [0.05, 0.1) is 11.1 Å². The molecule has 0 aliphatic rings. The van der Waals surface area contributed by atoms with E-state index in [1.165, 1.54) is 10.1 Å². The third kappa shape index (κ3) is 2.14. The van der Waals surface area contributed by atoms with Gasteiger partial charge >= 0.3 is 0 Å². The maximum absolute atomic E-state index is 6.37. The van der Waals surface area contributed by atoms with Crippen LogP contribution in [0.1, 0.15) is 16.7 Å². The van der Waals surface area contributed by atoms with Gasteiger partial charge in [-0.3, -0.25) is 0 Å². The molecular weight excluding hydrogens is 302 g/mol. The van der Waals surface area contributed by atoms with Crippen molar-refractivity contribution >= 4 is 44.0 Å². The molecule has 4 heteroatoms. The zero-order valence-electron chi connectivity index (χ0n) is 11.0. The number of benzene rings is 2. The van der Waals surface area contributed by atoms with Crippen LogP contribution < -0.4 is 5.73 Å². The van der Waals surface area contributed by atoms with E-state index in [4.69, 9.17) is 21.8 Å². The van der Waals surface area contributed by atoms with Gasteiger partial charge < -0.3 is 10.2 Å². The van der Waals surface area contributed by atoms with Gasteiger partial charge in [-0.2, -0.15) is 0 Å². The highest BCUT2D eigenvalue weighted by Gasteiger charge is 2.17. The van der Waals surface area contributed by atoms with E-state index in [2.05, 4.69) is 18.2 Å². The van der Waals surface area contributed by atoms with Crippen molar-refractivity contribution in [1.29, 1.82) is 0 Å². The number of hydrogen-bond acceptors (Lipinski definition) is 3. The van der Waals surface area contributed by atoms with Crippen LogP contribution in [-0.4, -0.2) is 0 Å². The second-order valence-corrected chi connectivity index (χ2v) is 6.49. The molecule has 4 aromatic rings. The van der Waals surface area contributed by atoms with Gasteiger partial charge in [0, 0.05) is 15.0 Å². The molecule has 0 saturated heterocycles. The lowest BCUT2D eigenvalue weighted by molar-refractivity contribution is 0.528. The first kappa shape index (κ1) is 12.9. The van der Waals surface area contributed by atoms with Gasteiger partial charge in [0.2, 0.25) is 0 Å². The Morgan fingerprint density at radius 1 is 1.00 bits per heavy atom. The molecule has 2 nitrogen and oxygen atoms in total. The number of rotatable bonds is 2. The normalized spacial score (nSPS) is 13.0. The van der Waals surface area contributed by atoms with E-state index in [9.17, 15) is 0 Å². The first-order chi connectivity index (χ1) is 10.2. The molecule has 0 saturated carbocycles. The highest BCUT2D eigenvalue weighted by atomic mass is 35.5. The summed E-state index contributed by atoms with van der Waals surface area (Å²) in [4.78, 5) is 1.09. The maximum atomic E-state index is 6.37. The Hall–Kier alpha value is -1.81. The summed E-state index contributed by atoms with van der Waals surface area (Å²) in [5.74, 6) is 0.740. The van der Waals surface area contributed by atoms with Gasteiger partial charge in [-0.1, -0.05) is 41.9 Å². The number of nitrogens with two attached hydrogens (primary N) is 1. The molecule has 0 aliphatic heterocycles. The Morgan fingerprint density at radius 3 is 2.62 bits per heavy atom. The smallest absolute Gasteiger partial charge is 0.152 e. The Bertz CT molecular complexity index is 907. The van der Waals surface area contributed by atoms with E-state index >= 15 is 0 Å². The van der Waals surface area contributed by atoms with Crippen LogP contribution in [0.15, 0.2) is 59.0 Å². The van der Waals surface area contributed by atoms with Crippen LogP contribution in [0.5, 0.6) is 0 Å². The lowest BCUT2D eigenvalue weighted by atomic mass is 10.1. The lowest BCUT2D eigenvalue weighted by Crippen LogP contribution is -2.08. The van der Waals surface area contributed by atoms with Crippen LogP contribution in [0.2, 0.25) is 5.02 Å². The van der Waals surface area contributed by atoms with Crippen LogP contribution >= 0.6 is 22.9 Å². The molecule has 2 heterocycles. The van der Waals surface area contributed by atoms with Crippen LogP contribution in [0.25, 0.3) is 21.1 Å². The first-order valence-corrected chi connectivity index (χ1v) is 7.84. The molecule has 1 unspecified atom stereocenters. The molecule has 0 aliphatic carbocycles. The van der Waals surface area contributed by atoms with Crippen molar-refractivity contribution in [2.24, 2.45) is 5.73 Å². The van der Waals surface area contributed by atoms with E-state index in [0.717, 1.165) is 16.0 Å². The molecule has 0 radical (unpaired) electrons. The van der Waals surface area contributed by atoms with Crippen molar-refractivity contribution in [3.63, 3.8) is 0 Å². The second-order valence-electron chi connectivity index (χ2n) is 4.97. The summed E-state index contributed by atoms with van der Waals surface area (Å²) < 4.78 is 7.09. The highest BCUT2D eigenvalue weighted by Crippen LogP contribution is 2.35. The fourth-order valence-corrected chi connectivity index (χ4v) is 3.79. The minimum absolute atomic E-state index is 0.272. The monoisotopic (exact) mass is 313 g/mol. The Kier molecular flexibility index (Phi) is 3.00. The maximum Gasteiger partial charge on any atom is 0.152 e. The summed E-state index contributed by atoms with van der Waals surface area (Å²) in [6, 6.07) is 17.8. The summed E-state index contributed by atoms with van der Waals surface area (Å²) >= 11 is 7.85. The zero-order chi connectivity index (χ0) is 14.4. The molecule has 0 fully saturated rings. The quantitative estimate of drug-likeness (QED) is 0.542. The van der Waals surface area contributed by atoms with Crippen LogP contribution in [0.3, 0.4) is 0 Å². The van der Waals surface area contributed by atoms with Crippen molar-refractivity contribution in [2.45, 2.75) is 6.04 Å². The van der Waals surface area contributed by atoms with Gasteiger partial charge in [-0.05, 0) is 29.7 Å². The predicted octanol–water partition coefficient (Wildman–Crippen LogP) is 5.35. The molecule has 2 aromatic carbocycles. The number of thiophene rings is 1. The minimum atomic E-state index is -0.272. The number of para-hydroxylation sites is 1. The molecule has 0 amide bonds. The lowest BCUT2D eigenvalue weighted by Gasteiger charge is -2.04. The van der Waals surface area contributed by atoms with Crippen molar-refractivity contribution < 1.29 is 4.42 Å². The Morgan fingerprint density at radius 2 is 1.81 bits per heavy atom. The Balaban J connectivity index is 1.81. The third-order valence-corrected chi connectivity index (χ3v) is 5.07. The number of furan rings is 1. The second kappa shape index (κ2) is 4.88. The van der Waals surface area contributed by atoms with E-state index < -0.39 is 0 Å². The zero-order valence-corrected chi connectivity index (χ0v) is 12.6. The fraction of sp³-hybridized carbons (Fsp3) is 0.0588. The SMILES string of the molecule is NC(c1cc2cccc(Cl)c2o1)c1cc2ccccc2s1.